The Labute approximate surface area is 183 Å². The SMILES string of the molecule is COc1ccc(S(=O)(=O)C2CCN(C(=O)c3ccc(S(=O)(=O)N(C)C)cc3)CC2)cc1. The van der Waals surface area contributed by atoms with Gasteiger partial charge >= 0.3 is 0 Å². The lowest BCUT2D eigenvalue weighted by molar-refractivity contribution is 0.0725. The van der Waals surface area contributed by atoms with Gasteiger partial charge in [-0.1, -0.05) is 0 Å². The molecule has 0 bridgehead atoms. The van der Waals surface area contributed by atoms with Gasteiger partial charge in [0.05, 0.1) is 22.2 Å². The molecule has 1 fully saturated rings. The van der Waals surface area contributed by atoms with Gasteiger partial charge in [0.25, 0.3) is 5.91 Å². The smallest absolute Gasteiger partial charge is 0.253 e. The Morgan fingerprint density at radius 3 is 1.90 bits per heavy atom. The maximum absolute atomic E-state index is 12.9. The molecule has 0 N–H and O–H groups in total. The topological polar surface area (TPSA) is 101 Å². The third kappa shape index (κ3) is 4.76. The molecule has 168 valence electrons. The van der Waals surface area contributed by atoms with Crippen LogP contribution in [0, 0.1) is 0 Å². The van der Waals surface area contributed by atoms with E-state index in [0.29, 0.717) is 37.2 Å². The van der Waals surface area contributed by atoms with E-state index in [2.05, 4.69) is 0 Å². The van der Waals surface area contributed by atoms with Crippen LogP contribution in [-0.2, 0) is 19.9 Å². The van der Waals surface area contributed by atoms with E-state index < -0.39 is 25.1 Å². The highest BCUT2D eigenvalue weighted by Gasteiger charge is 2.33. The second kappa shape index (κ2) is 8.97. The molecule has 0 aromatic heterocycles. The van der Waals surface area contributed by atoms with Crippen molar-refractivity contribution in [1.29, 1.82) is 0 Å². The van der Waals surface area contributed by atoms with Crippen LogP contribution in [0.1, 0.15) is 23.2 Å². The summed E-state index contributed by atoms with van der Waals surface area (Å²) in [5.74, 6) is 0.345. The van der Waals surface area contributed by atoms with Crippen LogP contribution in [0.25, 0.3) is 0 Å². The number of hydrogen-bond donors (Lipinski definition) is 0. The molecule has 0 unspecified atom stereocenters. The number of piperidine rings is 1. The third-order valence-corrected chi connectivity index (χ3v) is 9.54. The zero-order chi connectivity index (χ0) is 22.8. The van der Waals surface area contributed by atoms with Crippen LogP contribution in [0.4, 0.5) is 0 Å². The molecule has 8 nitrogen and oxygen atoms in total. The summed E-state index contributed by atoms with van der Waals surface area (Å²) in [7, 11) is -2.66. The predicted octanol–water partition coefficient (Wildman–Crippen LogP) is 2.02. The van der Waals surface area contributed by atoms with E-state index in [4.69, 9.17) is 4.74 Å². The average molecular weight is 467 g/mol. The van der Waals surface area contributed by atoms with Crippen LogP contribution < -0.4 is 4.74 Å². The van der Waals surface area contributed by atoms with E-state index >= 15 is 0 Å². The molecule has 0 saturated carbocycles. The van der Waals surface area contributed by atoms with Crippen molar-refractivity contribution in [2.75, 3.05) is 34.3 Å². The molecule has 1 aliphatic heterocycles. The van der Waals surface area contributed by atoms with Crippen LogP contribution in [0.3, 0.4) is 0 Å². The van der Waals surface area contributed by atoms with Crippen molar-refractivity contribution >= 4 is 25.8 Å². The molecule has 0 radical (unpaired) electrons. The van der Waals surface area contributed by atoms with Gasteiger partial charge in [0, 0.05) is 32.7 Å². The van der Waals surface area contributed by atoms with Crippen LogP contribution >= 0.6 is 0 Å². The number of amides is 1. The quantitative estimate of drug-likeness (QED) is 0.646. The first kappa shape index (κ1) is 23.2. The number of carbonyl (C=O) groups is 1. The number of rotatable bonds is 6. The largest absolute Gasteiger partial charge is 0.497 e. The number of carbonyl (C=O) groups excluding carboxylic acids is 1. The first-order valence-corrected chi connectivity index (χ1v) is 12.8. The summed E-state index contributed by atoms with van der Waals surface area (Å²) in [6.07, 6.45) is 0.681. The minimum atomic E-state index is -3.56. The van der Waals surface area contributed by atoms with Crippen molar-refractivity contribution in [2.45, 2.75) is 27.9 Å². The lowest BCUT2D eigenvalue weighted by Crippen LogP contribution is -2.42. The molecule has 2 aromatic carbocycles. The molecule has 3 rings (SSSR count). The molecule has 1 aliphatic rings. The molecular weight excluding hydrogens is 440 g/mol. The Morgan fingerprint density at radius 1 is 0.903 bits per heavy atom. The van der Waals surface area contributed by atoms with Gasteiger partial charge in [-0.2, -0.15) is 0 Å². The molecule has 2 aromatic rings. The Hall–Kier alpha value is -2.43. The number of ether oxygens (including phenoxy) is 1. The number of nitrogens with zero attached hydrogens (tertiary/aromatic N) is 2. The van der Waals surface area contributed by atoms with Crippen molar-refractivity contribution in [3.05, 3.63) is 54.1 Å². The van der Waals surface area contributed by atoms with E-state index in [1.807, 2.05) is 0 Å². The zero-order valence-corrected chi connectivity index (χ0v) is 19.3. The van der Waals surface area contributed by atoms with E-state index in [-0.39, 0.29) is 15.7 Å². The molecule has 1 amide bonds. The first-order chi connectivity index (χ1) is 14.6. The maximum atomic E-state index is 12.9. The molecule has 0 atom stereocenters. The number of sulfone groups is 1. The van der Waals surface area contributed by atoms with Gasteiger partial charge in [-0.3, -0.25) is 4.79 Å². The number of methoxy groups -OCH3 is 1. The van der Waals surface area contributed by atoms with Crippen molar-refractivity contribution in [2.24, 2.45) is 0 Å². The monoisotopic (exact) mass is 466 g/mol. The molecule has 0 aliphatic carbocycles. The fraction of sp³-hybridized carbons (Fsp3) is 0.381. The number of likely N-dealkylation sites (tertiary alicyclic amines) is 1. The normalized spacial score (nSPS) is 15.8. The fourth-order valence-electron chi connectivity index (χ4n) is 3.49. The van der Waals surface area contributed by atoms with E-state index in [1.165, 1.54) is 57.6 Å². The highest BCUT2D eigenvalue weighted by atomic mass is 32.2. The van der Waals surface area contributed by atoms with Crippen molar-refractivity contribution in [3.8, 4) is 5.75 Å². The lowest BCUT2D eigenvalue weighted by atomic mass is 10.1. The van der Waals surface area contributed by atoms with Crippen molar-refractivity contribution in [3.63, 3.8) is 0 Å². The molecule has 1 saturated heterocycles. The van der Waals surface area contributed by atoms with Gasteiger partial charge in [0.2, 0.25) is 10.0 Å². The van der Waals surface area contributed by atoms with Crippen LogP contribution in [0.5, 0.6) is 5.75 Å². The van der Waals surface area contributed by atoms with Gasteiger partial charge < -0.3 is 9.64 Å². The second-order valence-electron chi connectivity index (χ2n) is 7.52. The van der Waals surface area contributed by atoms with Crippen LogP contribution in [0.15, 0.2) is 58.3 Å². The highest BCUT2D eigenvalue weighted by Crippen LogP contribution is 2.27. The standard InChI is InChI=1S/C21H26N2O6S2/c1-22(2)31(27,28)20-8-4-16(5-9-20)21(24)23-14-12-19(13-15-23)30(25,26)18-10-6-17(29-3)7-11-18/h4-11,19H,12-15H2,1-3H3. The molecule has 31 heavy (non-hydrogen) atoms. The summed E-state index contributed by atoms with van der Waals surface area (Å²) >= 11 is 0. The number of sulfonamides is 1. The summed E-state index contributed by atoms with van der Waals surface area (Å²) in [6, 6.07) is 12.1. The van der Waals surface area contributed by atoms with Gasteiger partial charge in [0.15, 0.2) is 9.84 Å². The van der Waals surface area contributed by atoms with E-state index in [0.717, 1.165) is 4.31 Å². The van der Waals surface area contributed by atoms with Crippen molar-refractivity contribution in [1.82, 2.24) is 9.21 Å². The second-order valence-corrected chi connectivity index (χ2v) is 11.9. The lowest BCUT2D eigenvalue weighted by Gasteiger charge is -2.32. The zero-order valence-electron chi connectivity index (χ0n) is 17.7. The van der Waals surface area contributed by atoms with Crippen LogP contribution in [0.2, 0.25) is 0 Å². The Morgan fingerprint density at radius 2 is 1.42 bits per heavy atom. The summed E-state index contributed by atoms with van der Waals surface area (Å²) < 4.78 is 56.3. The third-order valence-electron chi connectivity index (χ3n) is 5.44. The number of hydrogen-bond acceptors (Lipinski definition) is 6. The summed E-state index contributed by atoms with van der Waals surface area (Å²) in [6.45, 7) is 0.632. The average Bonchev–Trinajstić information content (AvgIpc) is 2.78. The van der Waals surface area contributed by atoms with Crippen molar-refractivity contribution < 1.29 is 26.4 Å². The fourth-order valence-corrected chi connectivity index (χ4v) is 6.12. The molecule has 10 heteroatoms. The highest BCUT2D eigenvalue weighted by molar-refractivity contribution is 7.92. The minimum Gasteiger partial charge on any atom is -0.497 e. The summed E-state index contributed by atoms with van der Waals surface area (Å²) in [5.41, 5.74) is 0.370. The molecular formula is C21H26N2O6S2. The van der Waals surface area contributed by atoms with Crippen LogP contribution in [-0.4, -0.2) is 71.5 Å². The Kier molecular flexibility index (Phi) is 6.73. The minimum absolute atomic E-state index is 0.110. The Bertz CT molecular complexity index is 1130. The maximum Gasteiger partial charge on any atom is 0.253 e. The number of benzene rings is 2. The summed E-state index contributed by atoms with van der Waals surface area (Å²) in [5, 5.41) is -0.558. The van der Waals surface area contributed by atoms with Gasteiger partial charge in [-0.15, -0.1) is 0 Å². The summed E-state index contributed by atoms with van der Waals surface area (Å²) in [4.78, 5) is 14.8. The van der Waals surface area contributed by atoms with E-state index in [9.17, 15) is 21.6 Å². The van der Waals surface area contributed by atoms with E-state index in [1.54, 1.807) is 17.0 Å². The predicted molar refractivity (Wildman–Crippen MR) is 116 cm³/mol. The first-order valence-electron chi connectivity index (χ1n) is 9.77. The van der Waals surface area contributed by atoms with Gasteiger partial charge in [-0.05, 0) is 61.4 Å². The Balaban J connectivity index is 1.67. The van der Waals surface area contributed by atoms with Gasteiger partial charge in [0.1, 0.15) is 5.75 Å². The molecule has 1 heterocycles. The van der Waals surface area contributed by atoms with Gasteiger partial charge in [-0.25, -0.2) is 21.1 Å². The molecule has 0 spiro atoms.